The van der Waals surface area contributed by atoms with E-state index < -0.39 is 0 Å². The third kappa shape index (κ3) is 6.37. The number of piperidine rings is 1. The van der Waals surface area contributed by atoms with Crippen molar-refractivity contribution >= 4 is 17.7 Å². The van der Waals surface area contributed by atoms with Crippen molar-refractivity contribution in [1.82, 2.24) is 15.5 Å². The van der Waals surface area contributed by atoms with Crippen molar-refractivity contribution in [3.8, 4) is 11.5 Å². The Morgan fingerprint density at radius 2 is 1.31 bits per heavy atom. The number of likely N-dealkylation sites (tertiary alicyclic amines) is 1. The van der Waals surface area contributed by atoms with Crippen molar-refractivity contribution in [1.29, 1.82) is 0 Å². The lowest BCUT2D eigenvalue weighted by molar-refractivity contribution is -0.127. The van der Waals surface area contributed by atoms with Gasteiger partial charge in [0.2, 0.25) is 11.8 Å². The summed E-state index contributed by atoms with van der Waals surface area (Å²) in [5.41, 5.74) is 0.512. The molecule has 1 saturated carbocycles. The SMILES string of the molecule is COc1cc(OC)cc(C(=O)N2CCC(C(=O)NCCNC(=O)C3CCCCC3)CC2)c1. The van der Waals surface area contributed by atoms with Crippen LogP contribution in [0, 0.1) is 11.8 Å². The summed E-state index contributed by atoms with van der Waals surface area (Å²) in [7, 11) is 3.10. The van der Waals surface area contributed by atoms with Gasteiger partial charge in [0, 0.05) is 49.6 Å². The van der Waals surface area contributed by atoms with E-state index in [2.05, 4.69) is 10.6 Å². The normalized spacial score (nSPS) is 17.5. The molecule has 0 spiro atoms. The Labute approximate surface area is 190 Å². The molecule has 3 amide bonds. The van der Waals surface area contributed by atoms with E-state index in [1.165, 1.54) is 6.42 Å². The zero-order chi connectivity index (χ0) is 22.9. The van der Waals surface area contributed by atoms with Crippen molar-refractivity contribution in [3.63, 3.8) is 0 Å². The summed E-state index contributed by atoms with van der Waals surface area (Å²) in [5, 5.41) is 5.87. The molecule has 1 aromatic carbocycles. The molecule has 0 bridgehead atoms. The Kier molecular flexibility index (Phi) is 8.76. The quantitative estimate of drug-likeness (QED) is 0.599. The van der Waals surface area contributed by atoms with Crippen molar-refractivity contribution in [2.75, 3.05) is 40.4 Å². The Hall–Kier alpha value is -2.77. The molecule has 1 heterocycles. The van der Waals surface area contributed by atoms with Crippen molar-refractivity contribution in [2.24, 2.45) is 11.8 Å². The highest BCUT2D eigenvalue weighted by atomic mass is 16.5. The van der Waals surface area contributed by atoms with Gasteiger partial charge in [0.05, 0.1) is 14.2 Å². The van der Waals surface area contributed by atoms with Gasteiger partial charge in [-0.15, -0.1) is 0 Å². The zero-order valence-corrected chi connectivity index (χ0v) is 19.2. The molecule has 2 aliphatic rings. The van der Waals surface area contributed by atoms with E-state index in [1.54, 1.807) is 37.3 Å². The Bertz CT molecular complexity index is 777. The van der Waals surface area contributed by atoms with Crippen LogP contribution < -0.4 is 20.1 Å². The first kappa shape index (κ1) is 23.9. The Morgan fingerprint density at radius 3 is 1.81 bits per heavy atom. The summed E-state index contributed by atoms with van der Waals surface area (Å²) in [5.74, 6) is 1.16. The van der Waals surface area contributed by atoms with E-state index in [1.807, 2.05) is 0 Å². The van der Waals surface area contributed by atoms with Crippen LogP contribution in [0.2, 0.25) is 0 Å². The lowest BCUT2D eigenvalue weighted by atomic mass is 9.89. The molecule has 3 rings (SSSR count). The molecule has 0 aromatic heterocycles. The van der Waals surface area contributed by atoms with Gasteiger partial charge in [-0.25, -0.2) is 0 Å². The van der Waals surface area contributed by atoms with Crippen LogP contribution in [0.15, 0.2) is 18.2 Å². The minimum absolute atomic E-state index is 0.00735. The molecule has 1 saturated heterocycles. The first-order chi connectivity index (χ1) is 15.5. The van der Waals surface area contributed by atoms with Crippen LogP contribution >= 0.6 is 0 Å². The lowest BCUT2D eigenvalue weighted by Crippen LogP contribution is -2.44. The van der Waals surface area contributed by atoms with Crippen molar-refractivity contribution in [2.45, 2.75) is 44.9 Å². The predicted octanol–water partition coefficient (Wildman–Crippen LogP) is 2.37. The highest BCUT2D eigenvalue weighted by molar-refractivity contribution is 5.95. The van der Waals surface area contributed by atoms with E-state index in [-0.39, 0.29) is 29.6 Å². The summed E-state index contributed by atoms with van der Waals surface area (Å²) in [4.78, 5) is 39.3. The van der Waals surface area contributed by atoms with Crippen LogP contribution in [0.5, 0.6) is 11.5 Å². The standard InChI is InChI=1S/C24H35N3O5/c1-31-20-14-19(15-21(16-20)32-2)24(30)27-12-8-18(9-13-27)23(29)26-11-10-25-22(28)17-6-4-3-5-7-17/h14-18H,3-13H2,1-2H3,(H,25,28)(H,26,29). The van der Waals surface area contributed by atoms with E-state index in [0.29, 0.717) is 56.1 Å². The van der Waals surface area contributed by atoms with Crippen molar-refractivity contribution < 1.29 is 23.9 Å². The number of amides is 3. The number of nitrogens with zero attached hydrogens (tertiary/aromatic N) is 1. The average molecular weight is 446 g/mol. The Balaban J connectivity index is 1.39. The van der Waals surface area contributed by atoms with E-state index in [4.69, 9.17) is 9.47 Å². The van der Waals surface area contributed by atoms with Crippen LogP contribution in [0.3, 0.4) is 0 Å². The first-order valence-electron chi connectivity index (χ1n) is 11.6. The van der Waals surface area contributed by atoms with Crippen LogP contribution in [0.4, 0.5) is 0 Å². The molecular formula is C24H35N3O5. The summed E-state index contributed by atoms with van der Waals surface area (Å²) in [6.45, 7) is 1.93. The van der Waals surface area contributed by atoms with Gasteiger partial charge in [-0.3, -0.25) is 14.4 Å². The smallest absolute Gasteiger partial charge is 0.254 e. The van der Waals surface area contributed by atoms with Gasteiger partial charge < -0.3 is 25.0 Å². The predicted molar refractivity (Wildman–Crippen MR) is 121 cm³/mol. The summed E-state index contributed by atoms with van der Waals surface area (Å²) < 4.78 is 10.5. The number of hydrogen-bond donors (Lipinski definition) is 2. The molecular weight excluding hydrogens is 410 g/mol. The topological polar surface area (TPSA) is 97.0 Å². The second-order valence-electron chi connectivity index (χ2n) is 8.58. The van der Waals surface area contributed by atoms with Crippen LogP contribution in [-0.4, -0.2) is 63.0 Å². The molecule has 0 unspecified atom stereocenters. The highest BCUT2D eigenvalue weighted by Gasteiger charge is 2.28. The average Bonchev–Trinajstić information content (AvgIpc) is 2.86. The van der Waals surface area contributed by atoms with Crippen LogP contribution in [0.25, 0.3) is 0 Å². The first-order valence-corrected chi connectivity index (χ1v) is 11.6. The molecule has 2 N–H and O–H groups in total. The molecule has 8 heteroatoms. The third-order valence-electron chi connectivity index (χ3n) is 6.45. The number of benzene rings is 1. The van der Waals surface area contributed by atoms with E-state index in [0.717, 1.165) is 25.7 Å². The number of rotatable bonds is 8. The largest absolute Gasteiger partial charge is 0.497 e. The fourth-order valence-corrected chi connectivity index (χ4v) is 4.48. The fourth-order valence-electron chi connectivity index (χ4n) is 4.48. The molecule has 1 aliphatic heterocycles. The number of hydrogen-bond acceptors (Lipinski definition) is 5. The zero-order valence-electron chi connectivity index (χ0n) is 19.2. The fraction of sp³-hybridized carbons (Fsp3) is 0.625. The molecule has 0 atom stereocenters. The monoisotopic (exact) mass is 445 g/mol. The minimum Gasteiger partial charge on any atom is -0.497 e. The summed E-state index contributed by atoms with van der Waals surface area (Å²) in [6.07, 6.45) is 6.65. The van der Waals surface area contributed by atoms with Crippen molar-refractivity contribution in [3.05, 3.63) is 23.8 Å². The number of ether oxygens (including phenoxy) is 2. The highest BCUT2D eigenvalue weighted by Crippen LogP contribution is 2.26. The molecule has 1 aliphatic carbocycles. The molecule has 2 fully saturated rings. The minimum atomic E-state index is -0.118. The maximum Gasteiger partial charge on any atom is 0.254 e. The van der Waals surface area contributed by atoms with Gasteiger partial charge in [0.1, 0.15) is 11.5 Å². The third-order valence-corrected chi connectivity index (χ3v) is 6.45. The van der Waals surface area contributed by atoms with Gasteiger partial charge in [-0.1, -0.05) is 19.3 Å². The molecule has 176 valence electrons. The summed E-state index contributed by atoms with van der Waals surface area (Å²) >= 11 is 0. The van der Waals surface area contributed by atoms with Gasteiger partial charge in [-0.05, 0) is 37.8 Å². The molecule has 0 radical (unpaired) electrons. The molecule has 8 nitrogen and oxygen atoms in total. The van der Waals surface area contributed by atoms with Gasteiger partial charge >= 0.3 is 0 Å². The van der Waals surface area contributed by atoms with E-state index in [9.17, 15) is 14.4 Å². The van der Waals surface area contributed by atoms with Crippen LogP contribution in [0.1, 0.15) is 55.3 Å². The maximum absolute atomic E-state index is 12.9. The van der Waals surface area contributed by atoms with Gasteiger partial charge in [0.25, 0.3) is 5.91 Å². The number of carbonyl (C=O) groups excluding carboxylic acids is 3. The molecule has 32 heavy (non-hydrogen) atoms. The molecule has 1 aromatic rings. The maximum atomic E-state index is 12.9. The second kappa shape index (κ2) is 11.7. The Morgan fingerprint density at radius 1 is 0.812 bits per heavy atom. The number of nitrogens with one attached hydrogen (secondary N) is 2. The lowest BCUT2D eigenvalue weighted by Gasteiger charge is -2.31. The summed E-state index contributed by atoms with van der Waals surface area (Å²) in [6, 6.07) is 5.13. The number of carbonyl (C=O) groups is 3. The van der Waals surface area contributed by atoms with Gasteiger partial charge in [0.15, 0.2) is 0 Å². The van der Waals surface area contributed by atoms with Crippen LogP contribution in [-0.2, 0) is 9.59 Å². The number of methoxy groups -OCH3 is 2. The van der Waals surface area contributed by atoms with E-state index >= 15 is 0 Å². The second-order valence-corrected chi connectivity index (χ2v) is 8.58. The van der Waals surface area contributed by atoms with Gasteiger partial charge in [-0.2, -0.15) is 0 Å².